The molecule has 0 radical (unpaired) electrons. The fourth-order valence-electron chi connectivity index (χ4n) is 5.93. The number of H-pyrrole nitrogens is 1. The molecule has 1 unspecified atom stereocenters. The van der Waals surface area contributed by atoms with Crippen molar-refractivity contribution in [2.24, 2.45) is 0 Å². The van der Waals surface area contributed by atoms with Crippen LogP contribution in [0.5, 0.6) is 5.75 Å². The Labute approximate surface area is 238 Å². The van der Waals surface area contributed by atoms with Crippen LogP contribution in [0.15, 0.2) is 85.1 Å². The first kappa shape index (κ1) is 26.4. The maximum absolute atomic E-state index is 12.6. The maximum atomic E-state index is 12.6. The molecular formula is C34H32N2O5. The highest BCUT2D eigenvalue weighted by molar-refractivity contribution is 5.93. The summed E-state index contributed by atoms with van der Waals surface area (Å²) in [5, 5.41) is 15.8. The van der Waals surface area contributed by atoms with E-state index < -0.39 is 12.1 Å². The molecule has 7 heteroatoms. The van der Waals surface area contributed by atoms with Gasteiger partial charge in [-0.25, -0.2) is 9.59 Å². The van der Waals surface area contributed by atoms with Gasteiger partial charge in [0.1, 0.15) is 11.9 Å². The first-order valence-electron chi connectivity index (χ1n) is 14.0. The van der Waals surface area contributed by atoms with Gasteiger partial charge in [0.2, 0.25) is 0 Å². The van der Waals surface area contributed by atoms with Crippen molar-refractivity contribution in [1.82, 2.24) is 4.98 Å². The Bertz CT molecular complexity index is 1730. The van der Waals surface area contributed by atoms with E-state index in [0.717, 1.165) is 58.7 Å². The number of rotatable bonds is 8. The molecule has 1 aliphatic rings. The molecule has 1 aliphatic carbocycles. The lowest BCUT2D eigenvalue weighted by atomic mass is 9.84. The third-order valence-corrected chi connectivity index (χ3v) is 8.02. The van der Waals surface area contributed by atoms with Crippen molar-refractivity contribution in [1.29, 1.82) is 0 Å². The number of aromatic carboxylic acids is 1. The van der Waals surface area contributed by atoms with Crippen molar-refractivity contribution in [2.45, 2.75) is 44.1 Å². The fourth-order valence-corrected chi connectivity index (χ4v) is 5.93. The summed E-state index contributed by atoms with van der Waals surface area (Å²) in [5.74, 6) is -0.656. The molecule has 1 saturated carbocycles. The van der Waals surface area contributed by atoms with Gasteiger partial charge in [0.15, 0.2) is 0 Å². The number of carboxylic acid groups (broad SMARTS) is 1. The van der Waals surface area contributed by atoms with Crippen molar-refractivity contribution >= 4 is 39.4 Å². The molecule has 41 heavy (non-hydrogen) atoms. The summed E-state index contributed by atoms with van der Waals surface area (Å²) >= 11 is 0. The minimum atomic E-state index is -1.01. The van der Waals surface area contributed by atoms with Gasteiger partial charge < -0.3 is 19.6 Å². The second kappa shape index (κ2) is 11.4. The molecule has 1 amide bonds. The number of anilines is 1. The Balaban J connectivity index is 1.40. The Hall–Kier alpha value is -4.78. The highest BCUT2D eigenvalue weighted by Crippen LogP contribution is 2.39. The molecule has 0 aliphatic heterocycles. The smallest absolute Gasteiger partial charge is 0.411 e. The van der Waals surface area contributed by atoms with Crippen LogP contribution in [0.3, 0.4) is 0 Å². The van der Waals surface area contributed by atoms with E-state index in [2.05, 4.69) is 40.6 Å². The fraction of sp³-hybridized carbons (Fsp3) is 0.235. The van der Waals surface area contributed by atoms with Gasteiger partial charge in [0.25, 0.3) is 0 Å². The number of aromatic nitrogens is 1. The highest BCUT2D eigenvalue weighted by Gasteiger charge is 2.24. The summed E-state index contributed by atoms with van der Waals surface area (Å²) in [5.41, 5.74) is 4.79. The van der Waals surface area contributed by atoms with Crippen LogP contribution in [0, 0.1) is 0 Å². The molecule has 4 aromatic carbocycles. The molecule has 1 heterocycles. The van der Waals surface area contributed by atoms with Crippen LogP contribution in [-0.4, -0.2) is 35.4 Å². The molecule has 0 spiro atoms. The number of hydrogen-bond acceptors (Lipinski definition) is 4. The molecular weight excluding hydrogens is 516 g/mol. The number of hydrogen-bond donors (Lipinski definition) is 3. The molecule has 0 bridgehead atoms. The molecule has 1 fully saturated rings. The van der Waals surface area contributed by atoms with E-state index in [1.54, 1.807) is 19.2 Å². The number of benzene rings is 4. The summed E-state index contributed by atoms with van der Waals surface area (Å²) < 4.78 is 11.3. The van der Waals surface area contributed by atoms with E-state index in [4.69, 9.17) is 9.47 Å². The van der Waals surface area contributed by atoms with Crippen molar-refractivity contribution in [3.63, 3.8) is 0 Å². The topological polar surface area (TPSA) is 101 Å². The highest BCUT2D eigenvalue weighted by atomic mass is 16.6. The second-order valence-electron chi connectivity index (χ2n) is 10.6. The van der Waals surface area contributed by atoms with Crippen LogP contribution in [0.1, 0.15) is 58.6 Å². The lowest BCUT2D eigenvalue weighted by Crippen LogP contribution is -2.20. The summed E-state index contributed by atoms with van der Waals surface area (Å²) in [7, 11) is 1.56. The second-order valence-corrected chi connectivity index (χ2v) is 10.6. The van der Waals surface area contributed by atoms with Crippen LogP contribution < -0.4 is 10.1 Å². The first-order valence-corrected chi connectivity index (χ1v) is 14.0. The van der Waals surface area contributed by atoms with E-state index >= 15 is 0 Å². The minimum Gasteiger partial charge on any atom is -0.496 e. The molecule has 5 aromatic rings. The standard InChI is InChI=1S/C34H32N2O5/c1-40-32-18-24(33(37)38)12-14-27(32)28(17-21-10-11-22-6-2-3-7-23(22)16-21)30-20-35-31-15-13-25(19-29(30)31)36-34(39)41-26-8-4-5-9-26/h2-3,6-7,10-16,18-20,26,28,35H,4-5,8-9,17H2,1H3,(H,36,39)(H,37,38). The van der Waals surface area contributed by atoms with E-state index in [9.17, 15) is 14.7 Å². The van der Waals surface area contributed by atoms with Gasteiger partial charge in [0, 0.05) is 34.3 Å². The van der Waals surface area contributed by atoms with Crippen molar-refractivity contribution in [2.75, 3.05) is 12.4 Å². The lowest BCUT2D eigenvalue weighted by Gasteiger charge is -2.21. The largest absolute Gasteiger partial charge is 0.496 e. The molecule has 3 N–H and O–H groups in total. The lowest BCUT2D eigenvalue weighted by molar-refractivity contribution is 0.0696. The zero-order valence-electron chi connectivity index (χ0n) is 22.9. The third kappa shape index (κ3) is 5.61. The quantitative estimate of drug-likeness (QED) is 0.183. The number of carbonyl (C=O) groups is 2. The van der Waals surface area contributed by atoms with Gasteiger partial charge in [0.05, 0.1) is 12.7 Å². The Kier molecular flexibility index (Phi) is 7.33. The molecule has 0 saturated heterocycles. The Morgan fingerprint density at radius 2 is 1.76 bits per heavy atom. The zero-order chi connectivity index (χ0) is 28.3. The number of carbonyl (C=O) groups excluding carboxylic acids is 1. The zero-order valence-corrected chi connectivity index (χ0v) is 22.9. The number of methoxy groups -OCH3 is 1. The average molecular weight is 549 g/mol. The van der Waals surface area contributed by atoms with Crippen LogP contribution in [0.2, 0.25) is 0 Å². The van der Waals surface area contributed by atoms with E-state index in [-0.39, 0.29) is 17.6 Å². The summed E-state index contributed by atoms with van der Waals surface area (Å²) in [6.07, 6.45) is 6.18. The summed E-state index contributed by atoms with van der Waals surface area (Å²) in [4.78, 5) is 27.7. The average Bonchev–Trinajstić information content (AvgIpc) is 3.65. The minimum absolute atomic E-state index is 0.0193. The van der Waals surface area contributed by atoms with Gasteiger partial charge in [-0.05, 0) is 84.3 Å². The van der Waals surface area contributed by atoms with E-state index in [1.807, 2.05) is 42.6 Å². The number of aromatic amines is 1. The Morgan fingerprint density at radius 3 is 2.54 bits per heavy atom. The van der Waals surface area contributed by atoms with E-state index in [0.29, 0.717) is 17.9 Å². The predicted molar refractivity (Wildman–Crippen MR) is 160 cm³/mol. The van der Waals surface area contributed by atoms with Crippen molar-refractivity contribution < 1.29 is 24.2 Å². The van der Waals surface area contributed by atoms with Gasteiger partial charge in [-0.2, -0.15) is 0 Å². The van der Waals surface area contributed by atoms with E-state index in [1.165, 1.54) is 5.39 Å². The van der Waals surface area contributed by atoms with Gasteiger partial charge in [-0.15, -0.1) is 0 Å². The SMILES string of the molecule is COc1cc(C(=O)O)ccc1C(Cc1ccc2ccccc2c1)c1c[nH]c2ccc(NC(=O)OC3CCCC3)cc12. The molecule has 6 rings (SSSR count). The van der Waals surface area contributed by atoms with Crippen molar-refractivity contribution in [3.05, 3.63) is 107 Å². The molecule has 7 nitrogen and oxygen atoms in total. The monoisotopic (exact) mass is 548 g/mol. The van der Waals surface area contributed by atoms with Gasteiger partial charge >= 0.3 is 12.1 Å². The number of fused-ring (bicyclic) bond motifs is 2. The molecule has 1 aromatic heterocycles. The maximum Gasteiger partial charge on any atom is 0.411 e. The first-order chi connectivity index (χ1) is 20.0. The molecule has 208 valence electrons. The number of carboxylic acids is 1. The van der Waals surface area contributed by atoms with Crippen LogP contribution >= 0.6 is 0 Å². The number of amides is 1. The molecule has 1 atom stereocenters. The van der Waals surface area contributed by atoms with Crippen LogP contribution in [-0.2, 0) is 11.2 Å². The number of nitrogens with one attached hydrogen (secondary N) is 2. The Morgan fingerprint density at radius 1 is 0.951 bits per heavy atom. The van der Waals surface area contributed by atoms with Crippen LogP contribution in [0.4, 0.5) is 10.5 Å². The normalized spacial score (nSPS) is 14.3. The van der Waals surface area contributed by atoms with Crippen LogP contribution in [0.25, 0.3) is 21.7 Å². The third-order valence-electron chi connectivity index (χ3n) is 8.02. The van der Waals surface area contributed by atoms with Crippen molar-refractivity contribution in [3.8, 4) is 5.75 Å². The van der Waals surface area contributed by atoms with Gasteiger partial charge in [-0.1, -0.05) is 48.5 Å². The predicted octanol–water partition coefficient (Wildman–Crippen LogP) is 7.89. The van der Waals surface area contributed by atoms with Gasteiger partial charge in [-0.3, -0.25) is 5.32 Å². The summed E-state index contributed by atoms with van der Waals surface area (Å²) in [6.45, 7) is 0. The number of ether oxygens (including phenoxy) is 2. The summed E-state index contributed by atoms with van der Waals surface area (Å²) in [6, 6.07) is 25.5.